The molecule has 0 bridgehead atoms. The summed E-state index contributed by atoms with van der Waals surface area (Å²) in [5.41, 5.74) is 2.72. The van der Waals surface area contributed by atoms with Gasteiger partial charge in [0.1, 0.15) is 0 Å². The van der Waals surface area contributed by atoms with E-state index in [1.807, 2.05) is 48.5 Å². The number of nitrogens with one attached hydrogen (secondary N) is 2. The zero-order chi connectivity index (χ0) is 15.1. The van der Waals surface area contributed by atoms with Gasteiger partial charge >= 0.3 is 0 Å². The van der Waals surface area contributed by atoms with Crippen LogP contribution in [-0.2, 0) is 16.1 Å². The molecule has 0 saturated heterocycles. The number of benzene rings is 2. The Morgan fingerprint density at radius 2 is 2.00 bits per heavy atom. The molecule has 2 aromatic rings. The second-order valence-electron chi connectivity index (χ2n) is 4.51. The van der Waals surface area contributed by atoms with Gasteiger partial charge in [-0.05, 0) is 45.8 Å². The van der Waals surface area contributed by atoms with Gasteiger partial charge in [0.05, 0.1) is 18.8 Å². The van der Waals surface area contributed by atoms with Gasteiger partial charge in [-0.25, -0.2) is 0 Å². The molecule has 5 heteroatoms. The summed E-state index contributed by atoms with van der Waals surface area (Å²) in [5.74, 6) is -0.0981. The van der Waals surface area contributed by atoms with E-state index in [9.17, 15) is 4.79 Å². The molecule has 0 radical (unpaired) electrons. The molecule has 0 unspecified atom stereocenters. The summed E-state index contributed by atoms with van der Waals surface area (Å²) >= 11 is 3.40. The lowest BCUT2D eigenvalue weighted by Crippen LogP contribution is -2.21. The summed E-state index contributed by atoms with van der Waals surface area (Å²) in [5, 5.41) is 5.95. The molecule has 0 fully saturated rings. The molecule has 0 aliphatic carbocycles. The molecule has 0 aliphatic heterocycles. The summed E-state index contributed by atoms with van der Waals surface area (Å²) in [6.45, 7) is 0.760. The van der Waals surface area contributed by atoms with E-state index in [1.165, 1.54) is 0 Å². The van der Waals surface area contributed by atoms with Crippen LogP contribution >= 0.6 is 15.9 Å². The minimum Gasteiger partial charge on any atom is -0.380 e. The maximum absolute atomic E-state index is 11.9. The highest BCUT2D eigenvalue weighted by molar-refractivity contribution is 9.10. The van der Waals surface area contributed by atoms with E-state index in [0.29, 0.717) is 6.61 Å². The Morgan fingerprint density at radius 3 is 2.76 bits per heavy atom. The van der Waals surface area contributed by atoms with Gasteiger partial charge in [-0.15, -0.1) is 0 Å². The molecule has 2 rings (SSSR count). The summed E-state index contributed by atoms with van der Waals surface area (Å²) in [4.78, 5) is 11.9. The van der Waals surface area contributed by atoms with Gasteiger partial charge in [0.2, 0.25) is 5.91 Å². The fourth-order valence-corrected chi connectivity index (χ4v) is 2.26. The van der Waals surface area contributed by atoms with E-state index >= 15 is 0 Å². The van der Waals surface area contributed by atoms with Crippen LogP contribution in [0, 0.1) is 0 Å². The first-order chi connectivity index (χ1) is 10.2. The lowest BCUT2D eigenvalue weighted by atomic mass is 10.2. The fraction of sp³-hybridized carbons (Fsp3) is 0.188. The van der Waals surface area contributed by atoms with E-state index in [-0.39, 0.29) is 12.5 Å². The van der Waals surface area contributed by atoms with Gasteiger partial charge in [-0.3, -0.25) is 4.79 Å². The van der Waals surface area contributed by atoms with E-state index < -0.39 is 0 Å². The van der Waals surface area contributed by atoms with Gasteiger partial charge in [0.15, 0.2) is 0 Å². The van der Waals surface area contributed by atoms with Crippen molar-refractivity contribution in [1.82, 2.24) is 0 Å². The highest BCUT2D eigenvalue weighted by Gasteiger charge is 2.05. The Kier molecular flexibility index (Phi) is 5.78. The largest absolute Gasteiger partial charge is 0.380 e. The van der Waals surface area contributed by atoms with Crippen molar-refractivity contribution in [1.29, 1.82) is 0 Å². The number of carbonyl (C=O) groups is 1. The molecule has 0 aliphatic rings. The Morgan fingerprint density at radius 1 is 1.19 bits per heavy atom. The molecule has 4 nitrogen and oxygen atoms in total. The minimum atomic E-state index is -0.0981. The SMILES string of the molecule is COCc1cccc(NCC(=O)Nc2ccccc2Br)c1. The van der Waals surface area contributed by atoms with Crippen LogP contribution < -0.4 is 10.6 Å². The molecule has 0 heterocycles. The molecular weight excluding hydrogens is 332 g/mol. The predicted octanol–water partition coefficient (Wildman–Crippen LogP) is 3.65. The van der Waals surface area contributed by atoms with Crippen molar-refractivity contribution in [2.75, 3.05) is 24.3 Å². The number of halogens is 1. The third-order valence-corrected chi connectivity index (χ3v) is 3.53. The first-order valence-electron chi connectivity index (χ1n) is 6.55. The van der Waals surface area contributed by atoms with Gasteiger partial charge in [0, 0.05) is 17.3 Å². The molecular formula is C16H17BrN2O2. The second kappa shape index (κ2) is 7.81. The molecule has 0 atom stereocenters. The van der Waals surface area contributed by atoms with Crippen LogP contribution in [0.15, 0.2) is 53.0 Å². The van der Waals surface area contributed by atoms with E-state index in [4.69, 9.17) is 4.74 Å². The topological polar surface area (TPSA) is 50.4 Å². The number of hydrogen-bond donors (Lipinski definition) is 2. The molecule has 1 amide bonds. The lowest BCUT2D eigenvalue weighted by molar-refractivity contribution is -0.114. The van der Waals surface area contributed by atoms with Crippen LogP contribution in [0.4, 0.5) is 11.4 Å². The lowest BCUT2D eigenvalue weighted by Gasteiger charge is -2.10. The molecule has 2 aromatic carbocycles. The van der Waals surface area contributed by atoms with Crippen molar-refractivity contribution in [3.05, 3.63) is 58.6 Å². The average Bonchev–Trinajstić information content (AvgIpc) is 2.48. The van der Waals surface area contributed by atoms with E-state index in [1.54, 1.807) is 7.11 Å². The number of para-hydroxylation sites is 1. The number of carbonyl (C=O) groups excluding carboxylic acids is 1. The first kappa shape index (κ1) is 15.5. The zero-order valence-electron chi connectivity index (χ0n) is 11.7. The van der Waals surface area contributed by atoms with Crippen molar-refractivity contribution in [2.45, 2.75) is 6.61 Å². The number of amides is 1. The number of hydrogen-bond acceptors (Lipinski definition) is 3. The van der Waals surface area contributed by atoms with Crippen molar-refractivity contribution in [2.24, 2.45) is 0 Å². The maximum atomic E-state index is 11.9. The van der Waals surface area contributed by atoms with E-state index in [2.05, 4.69) is 26.6 Å². The van der Waals surface area contributed by atoms with Crippen molar-refractivity contribution < 1.29 is 9.53 Å². The highest BCUT2D eigenvalue weighted by atomic mass is 79.9. The van der Waals surface area contributed by atoms with Crippen molar-refractivity contribution in [3.8, 4) is 0 Å². The van der Waals surface area contributed by atoms with Crippen LogP contribution in [0.2, 0.25) is 0 Å². The van der Waals surface area contributed by atoms with Gasteiger partial charge < -0.3 is 15.4 Å². The second-order valence-corrected chi connectivity index (χ2v) is 5.37. The van der Waals surface area contributed by atoms with Gasteiger partial charge in [0.25, 0.3) is 0 Å². The summed E-state index contributed by atoms with van der Waals surface area (Å²) in [6, 6.07) is 15.3. The number of rotatable bonds is 6. The summed E-state index contributed by atoms with van der Waals surface area (Å²) in [6.07, 6.45) is 0. The standard InChI is InChI=1S/C16H17BrN2O2/c1-21-11-12-5-4-6-13(9-12)18-10-16(20)19-15-8-3-2-7-14(15)17/h2-9,18H,10-11H2,1H3,(H,19,20). The molecule has 21 heavy (non-hydrogen) atoms. The Hall–Kier alpha value is -1.85. The van der Waals surface area contributed by atoms with Gasteiger partial charge in [-0.1, -0.05) is 24.3 Å². The zero-order valence-corrected chi connectivity index (χ0v) is 13.3. The van der Waals surface area contributed by atoms with Crippen LogP contribution in [-0.4, -0.2) is 19.6 Å². The third-order valence-electron chi connectivity index (χ3n) is 2.84. The normalized spacial score (nSPS) is 10.2. The summed E-state index contributed by atoms with van der Waals surface area (Å²) in [7, 11) is 1.66. The monoisotopic (exact) mass is 348 g/mol. The van der Waals surface area contributed by atoms with Crippen LogP contribution in [0.25, 0.3) is 0 Å². The van der Waals surface area contributed by atoms with Crippen LogP contribution in [0.5, 0.6) is 0 Å². The Labute approximate surface area is 132 Å². The first-order valence-corrected chi connectivity index (χ1v) is 7.34. The molecule has 0 aromatic heterocycles. The minimum absolute atomic E-state index is 0.0981. The van der Waals surface area contributed by atoms with Crippen molar-refractivity contribution >= 4 is 33.2 Å². The molecule has 0 spiro atoms. The number of methoxy groups -OCH3 is 1. The fourth-order valence-electron chi connectivity index (χ4n) is 1.88. The third kappa shape index (κ3) is 4.88. The quantitative estimate of drug-likeness (QED) is 0.837. The number of anilines is 2. The van der Waals surface area contributed by atoms with Crippen LogP contribution in [0.3, 0.4) is 0 Å². The average molecular weight is 349 g/mol. The smallest absolute Gasteiger partial charge is 0.243 e. The predicted molar refractivity (Wildman–Crippen MR) is 88.4 cm³/mol. The number of ether oxygens (including phenoxy) is 1. The Balaban J connectivity index is 1.89. The molecule has 2 N–H and O–H groups in total. The highest BCUT2D eigenvalue weighted by Crippen LogP contribution is 2.21. The molecule has 0 saturated carbocycles. The van der Waals surface area contributed by atoms with Crippen molar-refractivity contribution in [3.63, 3.8) is 0 Å². The van der Waals surface area contributed by atoms with E-state index in [0.717, 1.165) is 21.4 Å². The Bertz CT molecular complexity index is 617. The maximum Gasteiger partial charge on any atom is 0.243 e. The summed E-state index contributed by atoms with van der Waals surface area (Å²) < 4.78 is 5.95. The van der Waals surface area contributed by atoms with Crippen LogP contribution in [0.1, 0.15) is 5.56 Å². The molecule has 110 valence electrons. The van der Waals surface area contributed by atoms with Gasteiger partial charge in [-0.2, -0.15) is 0 Å².